The van der Waals surface area contributed by atoms with Crippen LogP contribution < -0.4 is 9.46 Å². The summed E-state index contributed by atoms with van der Waals surface area (Å²) >= 11 is 5.62. The number of nitrogens with zero attached hydrogens (tertiary/aromatic N) is 2. The van der Waals surface area contributed by atoms with Crippen molar-refractivity contribution in [3.8, 4) is 5.75 Å². The van der Waals surface area contributed by atoms with Crippen LogP contribution in [0.5, 0.6) is 5.75 Å². The minimum atomic E-state index is -4.89. The Bertz CT molecular complexity index is 1610. The number of aromatic amines is 1. The third-order valence-corrected chi connectivity index (χ3v) is 6.96. The number of ketones is 1. The van der Waals surface area contributed by atoms with E-state index in [1.807, 2.05) is 0 Å². The molecule has 0 aliphatic carbocycles. The van der Waals surface area contributed by atoms with E-state index in [4.69, 9.17) is 21.1 Å². The number of H-pyrrole nitrogens is 1. The summed E-state index contributed by atoms with van der Waals surface area (Å²) < 4.78 is 78.8. The van der Waals surface area contributed by atoms with Crippen molar-refractivity contribution in [2.45, 2.75) is 17.7 Å². The standard InChI is InChI=1S/C23H18ClF3N4O5S/c1-35-11-12-7-17(31-37(33,34)13-3-4-16(24)15(8-13)23(25,26)27)20(29-9-12)21(32)19-14-5-6-28-22(14)30-10-18(19)36-2/h3-10,31H,11H2,1-2H3,(H,28,30). The highest BCUT2D eigenvalue weighted by Crippen LogP contribution is 2.37. The Kier molecular flexibility index (Phi) is 7.13. The number of fused-ring (bicyclic) bond motifs is 1. The number of hydrogen-bond acceptors (Lipinski definition) is 7. The highest BCUT2D eigenvalue weighted by atomic mass is 35.5. The maximum absolute atomic E-state index is 13.7. The fourth-order valence-electron chi connectivity index (χ4n) is 3.60. The first-order valence-electron chi connectivity index (χ1n) is 10.4. The molecule has 0 atom stereocenters. The number of sulfonamides is 1. The van der Waals surface area contributed by atoms with Crippen LogP contribution in [0.3, 0.4) is 0 Å². The lowest BCUT2D eigenvalue weighted by molar-refractivity contribution is -0.137. The van der Waals surface area contributed by atoms with Crippen molar-refractivity contribution < 1.29 is 35.9 Å². The van der Waals surface area contributed by atoms with E-state index >= 15 is 0 Å². The summed E-state index contributed by atoms with van der Waals surface area (Å²) in [6.45, 7) is 0.0238. The summed E-state index contributed by atoms with van der Waals surface area (Å²) in [5.41, 5.74) is -1.07. The first-order chi connectivity index (χ1) is 17.5. The van der Waals surface area contributed by atoms with Gasteiger partial charge in [-0.05, 0) is 35.9 Å². The molecule has 9 nitrogen and oxygen atoms in total. The van der Waals surface area contributed by atoms with E-state index < -0.39 is 37.5 Å². The van der Waals surface area contributed by atoms with E-state index in [-0.39, 0.29) is 29.3 Å². The van der Waals surface area contributed by atoms with Gasteiger partial charge in [-0.25, -0.2) is 13.4 Å². The van der Waals surface area contributed by atoms with Gasteiger partial charge in [0.05, 0.1) is 46.6 Å². The molecule has 0 unspecified atom stereocenters. The fourth-order valence-corrected chi connectivity index (χ4v) is 4.91. The topological polar surface area (TPSA) is 123 Å². The summed E-state index contributed by atoms with van der Waals surface area (Å²) in [4.78, 5) is 24.1. The lowest BCUT2D eigenvalue weighted by Gasteiger charge is -2.16. The maximum atomic E-state index is 13.7. The lowest BCUT2D eigenvalue weighted by atomic mass is 10.0. The molecule has 3 heterocycles. The van der Waals surface area contributed by atoms with Crippen molar-refractivity contribution in [3.63, 3.8) is 0 Å². The number of ether oxygens (including phenoxy) is 2. The zero-order valence-corrected chi connectivity index (χ0v) is 20.8. The normalized spacial score (nSPS) is 12.1. The largest absolute Gasteiger partial charge is 0.494 e. The predicted molar refractivity (Wildman–Crippen MR) is 128 cm³/mol. The Balaban J connectivity index is 1.84. The number of methoxy groups -OCH3 is 2. The molecular formula is C23H18ClF3N4O5S. The molecule has 14 heteroatoms. The van der Waals surface area contributed by atoms with Crippen LogP contribution in [0.15, 0.2) is 53.8 Å². The first-order valence-corrected chi connectivity index (χ1v) is 12.2. The van der Waals surface area contributed by atoms with Crippen LogP contribution in [0.2, 0.25) is 5.02 Å². The molecule has 0 bridgehead atoms. The van der Waals surface area contributed by atoms with Gasteiger partial charge in [-0.3, -0.25) is 14.5 Å². The van der Waals surface area contributed by atoms with Crippen LogP contribution in [0.25, 0.3) is 11.0 Å². The van der Waals surface area contributed by atoms with E-state index in [1.54, 1.807) is 12.3 Å². The molecule has 0 aliphatic heterocycles. The van der Waals surface area contributed by atoms with Gasteiger partial charge in [0.2, 0.25) is 5.78 Å². The second-order valence-electron chi connectivity index (χ2n) is 7.69. The average molecular weight is 555 g/mol. The molecular weight excluding hydrogens is 537 g/mol. The monoisotopic (exact) mass is 554 g/mol. The molecule has 0 saturated heterocycles. The molecule has 0 fully saturated rings. The minimum absolute atomic E-state index is 0.0238. The van der Waals surface area contributed by atoms with Gasteiger partial charge in [0.25, 0.3) is 10.0 Å². The molecule has 0 aliphatic rings. The fraction of sp³-hybridized carbons (Fsp3) is 0.174. The van der Waals surface area contributed by atoms with Gasteiger partial charge in [0, 0.05) is 24.9 Å². The number of anilines is 1. The van der Waals surface area contributed by atoms with E-state index in [2.05, 4.69) is 19.7 Å². The first kappa shape index (κ1) is 26.4. The van der Waals surface area contributed by atoms with Crippen LogP contribution in [-0.4, -0.2) is 43.4 Å². The van der Waals surface area contributed by atoms with Crippen LogP contribution in [-0.2, 0) is 27.5 Å². The number of aromatic nitrogens is 3. The van der Waals surface area contributed by atoms with Gasteiger partial charge in [-0.2, -0.15) is 13.2 Å². The minimum Gasteiger partial charge on any atom is -0.494 e. The Morgan fingerprint density at radius 2 is 1.89 bits per heavy atom. The van der Waals surface area contributed by atoms with Crippen LogP contribution >= 0.6 is 11.6 Å². The summed E-state index contributed by atoms with van der Waals surface area (Å²) in [5, 5.41) is -0.264. The molecule has 4 rings (SSSR count). The molecule has 0 spiro atoms. The number of rotatable bonds is 8. The molecule has 2 N–H and O–H groups in total. The molecule has 37 heavy (non-hydrogen) atoms. The Hall–Kier alpha value is -3.68. The molecule has 194 valence electrons. The van der Waals surface area contributed by atoms with Crippen molar-refractivity contribution in [2.24, 2.45) is 0 Å². The second-order valence-corrected chi connectivity index (χ2v) is 9.78. The highest BCUT2D eigenvalue weighted by molar-refractivity contribution is 7.92. The van der Waals surface area contributed by atoms with E-state index in [9.17, 15) is 26.4 Å². The van der Waals surface area contributed by atoms with Gasteiger partial charge in [-0.15, -0.1) is 0 Å². The van der Waals surface area contributed by atoms with Gasteiger partial charge in [0.1, 0.15) is 17.1 Å². The van der Waals surface area contributed by atoms with Gasteiger partial charge in [0.15, 0.2) is 0 Å². The Morgan fingerprint density at radius 1 is 1.14 bits per heavy atom. The SMILES string of the molecule is COCc1cnc(C(=O)c2c(OC)cnc3[nH]ccc23)c(NS(=O)(=O)c2ccc(Cl)c(C(F)(F)F)c2)c1. The van der Waals surface area contributed by atoms with E-state index in [0.29, 0.717) is 22.7 Å². The molecule has 3 aromatic heterocycles. The van der Waals surface area contributed by atoms with Crippen molar-refractivity contribution >= 4 is 44.1 Å². The lowest BCUT2D eigenvalue weighted by Crippen LogP contribution is -2.19. The number of alkyl halides is 3. The van der Waals surface area contributed by atoms with Gasteiger partial charge >= 0.3 is 6.18 Å². The maximum Gasteiger partial charge on any atom is 0.417 e. The van der Waals surface area contributed by atoms with Crippen molar-refractivity contribution in [1.29, 1.82) is 0 Å². The number of carbonyl (C=O) groups excluding carboxylic acids is 1. The number of hydrogen-bond donors (Lipinski definition) is 2. The highest BCUT2D eigenvalue weighted by Gasteiger charge is 2.35. The van der Waals surface area contributed by atoms with Crippen LogP contribution in [0.1, 0.15) is 27.2 Å². The predicted octanol–water partition coefficient (Wildman–Crippen LogP) is 4.82. The summed E-state index contributed by atoms with van der Waals surface area (Å²) in [6, 6.07) is 5.06. The zero-order valence-electron chi connectivity index (χ0n) is 19.2. The zero-order chi connectivity index (χ0) is 27.0. The third kappa shape index (κ3) is 5.24. The van der Waals surface area contributed by atoms with Crippen molar-refractivity contribution in [1.82, 2.24) is 15.0 Å². The van der Waals surface area contributed by atoms with Gasteiger partial charge in [-0.1, -0.05) is 11.6 Å². The second kappa shape index (κ2) is 10.00. The third-order valence-electron chi connectivity index (χ3n) is 5.27. The summed E-state index contributed by atoms with van der Waals surface area (Å²) in [5.74, 6) is -0.598. The molecule has 0 amide bonds. The number of benzene rings is 1. The van der Waals surface area contributed by atoms with Crippen molar-refractivity contribution in [3.05, 3.63) is 76.3 Å². The Morgan fingerprint density at radius 3 is 2.57 bits per heavy atom. The number of halogens is 4. The van der Waals surface area contributed by atoms with E-state index in [1.165, 1.54) is 32.7 Å². The number of nitrogens with one attached hydrogen (secondary N) is 2. The molecule has 1 aromatic carbocycles. The Labute approximate surface area is 213 Å². The summed E-state index contributed by atoms with van der Waals surface area (Å²) in [6.07, 6.45) is -0.683. The molecule has 4 aromatic rings. The summed E-state index contributed by atoms with van der Waals surface area (Å²) in [7, 11) is -1.88. The van der Waals surface area contributed by atoms with Gasteiger partial charge < -0.3 is 14.5 Å². The number of carbonyl (C=O) groups is 1. The number of pyridine rings is 2. The molecule has 0 radical (unpaired) electrons. The molecule has 0 saturated carbocycles. The van der Waals surface area contributed by atoms with E-state index in [0.717, 1.165) is 12.1 Å². The quantitative estimate of drug-likeness (QED) is 0.299. The van der Waals surface area contributed by atoms with Crippen LogP contribution in [0.4, 0.5) is 18.9 Å². The van der Waals surface area contributed by atoms with Crippen molar-refractivity contribution in [2.75, 3.05) is 18.9 Å². The average Bonchev–Trinajstić information content (AvgIpc) is 3.31. The van der Waals surface area contributed by atoms with Crippen LogP contribution in [0, 0.1) is 0 Å². The smallest absolute Gasteiger partial charge is 0.417 e.